The van der Waals surface area contributed by atoms with E-state index in [0.717, 1.165) is 17.8 Å². The van der Waals surface area contributed by atoms with Gasteiger partial charge in [0.25, 0.3) is 0 Å². The Kier molecular flexibility index (Phi) is 11.0. The lowest BCUT2D eigenvalue weighted by molar-refractivity contribution is 0.311. The molecule has 0 saturated carbocycles. The summed E-state index contributed by atoms with van der Waals surface area (Å²) in [5.74, 6) is 3.43. The molecule has 0 heterocycles. The summed E-state index contributed by atoms with van der Waals surface area (Å²) in [6.45, 7) is 5.76. The van der Waals surface area contributed by atoms with Crippen LogP contribution >= 0.6 is 24.0 Å². The number of benzene rings is 2. The molecule has 2 N–H and O–H groups in total. The van der Waals surface area contributed by atoms with E-state index in [1.54, 1.807) is 21.3 Å². The topological polar surface area (TPSA) is 73.3 Å². The third-order valence-corrected chi connectivity index (χ3v) is 3.94. The number of anilines is 1. The number of hydrogen-bond acceptors (Lipinski definition) is 5. The van der Waals surface area contributed by atoms with Crippen LogP contribution in [-0.4, -0.2) is 40.4 Å². The van der Waals surface area contributed by atoms with Crippen LogP contribution in [-0.2, 0) is 6.54 Å². The first-order valence-electron chi connectivity index (χ1n) is 9.22. The van der Waals surface area contributed by atoms with Crippen LogP contribution in [0.5, 0.6) is 23.0 Å². The summed E-state index contributed by atoms with van der Waals surface area (Å²) in [5, 5.41) is 6.54. The van der Waals surface area contributed by atoms with E-state index in [4.69, 9.17) is 18.9 Å². The van der Waals surface area contributed by atoms with Gasteiger partial charge in [-0.3, -0.25) is 0 Å². The maximum absolute atomic E-state index is 5.64. The van der Waals surface area contributed by atoms with Gasteiger partial charge in [0, 0.05) is 18.3 Å². The van der Waals surface area contributed by atoms with Crippen LogP contribution in [0.4, 0.5) is 5.69 Å². The fraction of sp³-hybridized carbons (Fsp3) is 0.381. The first kappa shape index (κ1) is 24.7. The van der Waals surface area contributed by atoms with E-state index in [2.05, 4.69) is 15.6 Å². The van der Waals surface area contributed by atoms with E-state index in [1.807, 2.05) is 50.2 Å². The van der Waals surface area contributed by atoms with Crippen molar-refractivity contribution in [3.8, 4) is 23.0 Å². The number of ether oxygens (including phenoxy) is 4. The van der Waals surface area contributed by atoms with Gasteiger partial charge in [0.05, 0.1) is 34.5 Å². The molecule has 160 valence electrons. The Bertz CT molecular complexity index is 799. The Morgan fingerprint density at radius 1 is 0.862 bits per heavy atom. The monoisotopic (exact) mass is 515 g/mol. The zero-order valence-electron chi connectivity index (χ0n) is 17.6. The molecule has 0 saturated heterocycles. The Labute approximate surface area is 189 Å². The Morgan fingerprint density at radius 3 is 2.14 bits per heavy atom. The van der Waals surface area contributed by atoms with Gasteiger partial charge in [0.15, 0.2) is 29.0 Å². The number of methoxy groups -OCH3 is 3. The summed E-state index contributed by atoms with van der Waals surface area (Å²) in [4.78, 5) is 4.65. The van der Waals surface area contributed by atoms with Gasteiger partial charge in [-0.1, -0.05) is 6.07 Å². The van der Waals surface area contributed by atoms with Gasteiger partial charge in [-0.25, -0.2) is 4.99 Å². The molecule has 2 rings (SSSR count). The van der Waals surface area contributed by atoms with Crippen molar-refractivity contribution in [2.75, 3.05) is 39.8 Å². The van der Waals surface area contributed by atoms with Crippen molar-refractivity contribution in [2.45, 2.75) is 20.4 Å². The van der Waals surface area contributed by atoms with Crippen molar-refractivity contribution in [1.82, 2.24) is 5.32 Å². The van der Waals surface area contributed by atoms with Crippen molar-refractivity contribution >= 4 is 35.6 Å². The molecule has 0 spiro atoms. The molecule has 0 fully saturated rings. The highest BCUT2D eigenvalue weighted by Gasteiger charge is 2.08. The first-order chi connectivity index (χ1) is 13.6. The van der Waals surface area contributed by atoms with Crippen molar-refractivity contribution in [2.24, 2.45) is 4.99 Å². The van der Waals surface area contributed by atoms with Crippen molar-refractivity contribution in [1.29, 1.82) is 0 Å². The van der Waals surface area contributed by atoms with Gasteiger partial charge in [0.1, 0.15) is 0 Å². The number of guanidine groups is 1. The quantitative estimate of drug-likeness (QED) is 0.295. The van der Waals surface area contributed by atoms with Crippen molar-refractivity contribution in [3.63, 3.8) is 0 Å². The van der Waals surface area contributed by atoms with Crippen molar-refractivity contribution in [3.05, 3.63) is 42.0 Å². The summed E-state index contributed by atoms with van der Waals surface area (Å²) in [5.41, 5.74) is 1.87. The van der Waals surface area contributed by atoms with Gasteiger partial charge in [-0.2, -0.15) is 0 Å². The van der Waals surface area contributed by atoms with Crippen LogP contribution in [0.15, 0.2) is 41.4 Å². The number of aliphatic imine (C=N–C) groups is 1. The third kappa shape index (κ3) is 7.19. The lowest BCUT2D eigenvalue weighted by Crippen LogP contribution is -2.30. The summed E-state index contributed by atoms with van der Waals surface area (Å²) < 4.78 is 21.6. The number of nitrogens with one attached hydrogen (secondary N) is 2. The molecule has 2 aromatic rings. The normalized spacial score (nSPS) is 10.6. The van der Waals surface area contributed by atoms with E-state index < -0.39 is 0 Å². The number of rotatable bonds is 9. The smallest absolute Gasteiger partial charge is 0.196 e. The molecule has 0 atom stereocenters. The number of hydrogen-bond donors (Lipinski definition) is 2. The highest BCUT2D eigenvalue weighted by atomic mass is 127. The maximum atomic E-state index is 5.64. The van der Waals surface area contributed by atoms with E-state index in [9.17, 15) is 0 Å². The molecule has 7 nitrogen and oxygen atoms in total. The zero-order chi connectivity index (χ0) is 20.4. The predicted octanol–water partition coefficient (Wildman–Crippen LogP) is 4.31. The molecule has 0 aromatic heterocycles. The molecule has 0 unspecified atom stereocenters. The van der Waals surface area contributed by atoms with Gasteiger partial charge >= 0.3 is 0 Å². The van der Waals surface area contributed by atoms with Crippen LogP contribution < -0.4 is 29.6 Å². The number of nitrogens with zero attached hydrogens (tertiary/aromatic N) is 1. The second kappa shape index (κ2) is 13.0. The summed E-state index contributed by atoms with van der Waals surface area (Å²) >= 11 is 0. The fourth-order valence-electron chi connectivity index (χ4n) is 2.62. The lowest BCUT2D eigenvalue weighted by atomic mass is 10.2. The Morgan fingerprint density at radius 2 is 1.52 bits per heavy atom. The minimum atomic E-state index is 0. The van der Waals surface area contributed by atoms with Crippen molar-refractivity contribution < 1.29 is 18.9 Å². The summed E-state index contributed by atoms with van der Waals surface area (Å²) in [6, 6.07) is 11.4. The molecule has 2 aromatic carbocycles. The van der Waals surface area contributed by atoms with Gasteiger partial charge < -0.3 is 29.6 Å². The van der Waals surface area contributed by atoms with Gasteiger partial charge in [-0.15, -0.1) is 24.0 Å². The van der Waals surface area contributed by atoms with Gasteiger partial charge in [-0.05, 0) is 43.7 Å². The molecule has 29 heavy (non-hydrogen) atoms. The summed E-state index contributed by atoms with van der Waals surface area (Å²) in [7, 11) is 4.87. The molecule has 0 aliphatic carbocycles. The van der Waals surface area contributed by atoms with Crippen LogP contribution in [0.25, 0.3) is 0 Å². The Hall–Kier alpha value is -2.36. The fourth-order valence-corrected chi connectivity index (χ4v) is 2.62. The van der Waals surface area contributed by atoms with E-state index in [0.29, 0.717) is 42.1 Å². The second-order valence-electron chi connectivity index (χ2n) is 5.81. The summed E-state index contributed by atoms with van der Waals surface area (Å²) in [6.07, 6.45) is 0. The lowest BCUT2D eigenvalue weighted by Gasteiger charge is -2.14. The maximum Gasteiger partial charge on any atom is 0.196 e. The van der Waals surface area contributed by atoms with Gasteiger partial charge in [0.2, 0.25) is 0 Å². The highest BCUT2D eigenvalue weighted by Crippen LogP contribution is 2.30. The number of halogens is 1. The predicted molar refractivity (Wildman–Crippen MR) is 128 cm³/mol. The molecule has 0 aliphatic rings. The highest BCUT2D eigenvalue weighted by molar-refractivity contribution is 14.0. The SMILES string of the molecule is CCNC(=NCc1ccc(OC)c(OC)c1)Nc1ccc(OC)c(OCC)c1.I. The molecule has 0 bridgehead atoms. The van der Waals surface area contributed by atoms with Crippen LogP contribution in [0.1, 0.15) is 19.4 Å². The molecule has 8 heteroatoms. The van der Waals surface area contributed by atoms with Crippen LogP contribution in [0.3, 0.4) is 0 Å². The minimum absolute atomic E-state index is 0. The average Bonchev–Trinajstić information content (AvgIpc) is 2.72. The second-order valence-corrected chi connectivity index (χ2v) is 5.81. The van der Waals surface area contributed by atoms with E-state index in [-0.39, 0.29) is 24.0 Å². The third-order valence-electron chi connectivity index (χ3n) is 3.94. The molecule has 0 amide bonds. The molecule has 0 radical (unpaired) electrons. The average molecular weight is 515 g/mol. The first-order valence-corrected chi connectivity index (χ1v) is 9.22. The standard InChI is InChI=1S/C21H29N3O4.HI/c1-6-22-21(23-14-15-8-10-17(25-3)19(12-15)27-5)24-16-9-11-18(26-4)20(13-16)28-7-2;/h8-13H,6-7,14H2,1-5H3,(H2,22,23,24);1H. The Balaban J connectivity index is 0.00000420. The van der Waals surface area contributed by atoms with Crippen LogP contribution in [0.2, 0.25) is 0 Å². The largest absolute Gasteiger partial charge is 0.493 e. The molecule has 0 aliphatic heterocycles. The molecular formula is C21H30IN3O4. The van der Waals surface area contributed by atoms with Crippen LogP contribution in [0, 0.1) is 0 Å². The van der Waals surface area contributed by atoms with E-state index in [1.165, 1.54) is 0 Å². The minimum Gasteiger partial charge on any atom is -0.493 e. The van der Waals surface area contributed by atoms with E-state index >= 15 is 0 Å². The molecular weight excluding hydrogens is 485 g/mol. The zero-order valence-corrected chi connectivity index (χ0v) is 19.9.